The van der Waals surface area contributed by atoms with E-state index in [0.29, 0.717) is 66.5 Å². The van der Waals surface area contributed by atoms with E-state index in [4.69, 9.17) is 33.2 Å². The second-order valence-corrected chi connectivity index (χ2v) is 29.2. The Balaban J connectivity index is 1.07. The fourth-order valence-electron chi connectivity index (χ4n) is 13.3. The third-order valence-electron chi connectivity index (χ3n) is 19.5. The second-order valence-electron chi connectivity index (χ2n) is 28.7. The van der Waals surface area contributed by atoms with Gasteiger partial charge < -0.3 is 89.6 Å². The first-order chi connectivity index (χ1) is 54.1. The van der Waals surface area contributed by atoms with Gasteiger partial charge in [0.25, 0.3) is 0 Å². The molecule has 32 heteroatoms. The maximum absolute atomic E-state index is 15.4. The van der Waals surface area contributed by atoms with Gasteiger partial charge in [0.1, 0.15) is 54.4 Å². The number of benzene rings is 6. The number of halogens is 1. The molecule has 113 heavy (non-hydrogen) atoms. The van der Waals surface area contributed by atoms with Crippen LogP contribution in [0.15, 0.2) is 146 Å². The summed E-state index contributed by atoms with van der Waals surface area (Å²) in [5.41, 5.74) is 14.4. The number of aliphatic carboxylic acids is 1. The number of hydrogen-bond acceptors (Lipinski definition) is 17. The van der Waals surface area contributed by atoms with Gasteiger partial charge in [0.05, 0.1) is 37.8 Å². The maximum atomic E-state index is 15.4. The van der Waals surface area contributed by atoms with E-state index < -0.39 is 138 Å². The number of aliphatic hydroxyl groups excluding tert-OH is 1. The molecule has 604 valence electrons. The number of ether oxygens (including phenoxy) is 1. The summed E-state index contributed by atoms with van der Waals surface area (Å²) < 4.78 is 5.54. The summed E-state index contributed by atoms with van der Waals surface area (Å²) in [6.07, 6.45) is -0.458. The van der Waals surface area contributed by atoms with Crippen molar-refractivity contribution >= 4 is 99.3 Å². The summed E-state index contributed by atoms with van der Waals surface area (Å²) in [6, 6.07) is 26.9. The Hall–Kier alpha value is -11.4. The van der Waals surface area contributed by atoms with Gasteiger partial charge in [-0.05, 0) is 120 Å². The highest BCUT2D eigenvalue weighted by molar-refractivity contribution is 6.30. The number of rotatable bonds is 42. The molecule has 10 atom stereocenters. The number of carboxylic acids is 2. The summed E-state index contributed by atoms with van der Waals surface area (Å²) >= 11 is 6.28. The molecule has 2 aliphatic heterocycles. The highest BCUT2D eigenvalue weighted by Gasteiger charge is 2.41. The summed E-state index contributed by atoms with van der Waals surface area (Å²) in [7, 11) is 0. The highest BCUT2D eigenvalue weighted by Crippen LogP contribution is 2.23. The topological polar surface area (TPSA) is 477 Å². The van der Waals surface area contributed by atoms with Crippen LogP contribution in [0.25, 0.3) is 10.8 Å². The van der Waals surface area contributed by atoms with E-state index in [-0.39, 0.29) is 101 Å². The SMILES string of the molecule is CC(C)C[C@H](NC(=O)[C@@H](Cc1ccc(CN2CCOCC2)cc1)NC(=O)[C@H](Cc1ccc(C(=O)O)cc1)NC(=O)[C@H](CO)NC(=O)[C@@H](Cc1ccccc1)NC(=O)[C@@H](Cc1ccc(Cl)cc1)NC(=O)[C@@H](Cc1ccc2ccccc2c1)NCCC(=O)O)C(=O)N[C@@H](CCCNC(=N)N)C(=O)N1CCC[C@H]1C(=O)N[C@H](C)C(N)=O. The minimum Gasteiger partial charge on any atom is -0.481 e. The van der Waals surface area contributed by atoms with Crippen LogP contribution < -0.4 is 64.6 Å². The summed E-state index contributed by atoms with van der Waals surface area (Å²) in [5, 5.41) is 67.8. The van der Waals surface area contributed by atoms with E-state index in [2.05, 4.69) is 58.1 Å². The monoisotopic (exact) mass is 1580 g/mol. The summed E-state index contributed by atoms with van der Waals surface area (Å²) in [6.45, 7) is 7.11. The molecule has 18 N–H and O–H groups in total. The zero-order chi connectivity index (χ0) is 81.7. The normalized spacial score (nSPS) is 15.9. The molecule has 2 saturated heterocycles. The molecule has 31 nitrogen and oxygen atoms in total. The van der Waals surface area contributed by atoms with E-state index in [0.717, 1.165) is 21.9 Å². The van der Waals surface area contributed by atoms with Crippen LogP contribution in [0.1, 0.15) is 103 Å². The van der Waals surface area contributed by atoms with Crippen molar-refractivity contribution in [2.45, 2.75) is 158 Å². The lowest BCUT2D eigenvalue weighted by atomic mass is 9.99. The van der Waals surface area contributed by atoms with Crippen molar-refractivity contribution in [2.75, 3.05) is 52.5 Å². The van der Waals surface area contributed by atoms with Crippen molar-refractivity contribution in [3.8, 4) is 0 Å². The van der Waals surface area contributed by atoms with E-state index in [1.807, 2.05) is 54.6 Å². The number of aliphatic hydroxyl groups is 1. The van der Waals surface area contributed by atoms with Gasteiger partial charge >= 0.3 is 11.9 Å². The van der Waals surface area contributed by atoms with Crippen LogP contribution in [-0.2, 0) is 96.1 Å². The van der Waals surface area contributed by atoms with Gasteiger partial charge in [-0.3, -0.25) is 63.0 Å². The Morgan fingerprint density at radius 1 is 0.522 bits per heavy atom. The predicted molar refractivity (Wildman–Crippen MR) is 421 cm³/mol. The molecule has 6 aromatic carbocycles. The first-order valence-corrected chi connectivity index (χ1v) is 38.1. The van der Waals surface area contributed by atoms with E-state index in [1.54, 1.807) is 80.6 Å². The van der Waals surface area contributed by atoms with E-state index in [1.165, 1.54) is 36.1 Å². The van der Waals surface area contributed by atoms with Crippen molar-refractivity contribution in [2.24, 2.45) is 17.4 Å². The lowest BCUT2D eigenvalue weighted by molar-refractivity contribution is -0.142. The van der Waals surface area contributed by atoms with Crippen LogP contribution in [0.5, 0.6) is 0 Å². The largest absolute Gasteiger partial charge is 0.481 e. The summed E-state index contributed by atoms with van der Waals surface area (Å²) in [4.78, 5) is 172. The average Bonchev–Trinajstić information content (AvgIpc) is 1.78. The standard InChI is InChI=1S/C81H102ClN15O16/c1-48(2)39-62(72(103)89-60(15-9-32-87-81(84)85)79(110)97-34-10-16-68(97)78(109)88-49(3)70(83)101)90-73(104)65(42-51-17-19-54(20-18-51)46-96-35-37-113-38-36-96)93-75(106)66(43-52-21-27-57(28-22-52)80(111)112)94-77(108)67(47-98)95-76(107)63(41-50-11-5-4-6-12-50)92-74(105)64(44-53-24-29-59(82)30-25-53)91-71(102)61(86-33-31-69(99)100)45-55-23-26-56-13-7-8-14-58(56)40-55/h4-8,11-14,17-30,40,48-49,60-68,86,98H,9-10,15-16,31-39,41-47H2,1-3H3,(H2,83,101)(H,88,109)(H,89,103)(H,90,104)(H,91,102)(H,92,105)(H,93,106)(H,94,108)(H,95,107)(H,99,100)(H,111,112)(H4,84,85,87)/t49-,60+,61-,62+,63-,64-,65-,66+,67+,68+/m1/s1. The fraction of sp³-hybridized carbons (Fsp3) is 0.420. The molecule has 8 rings (SSSR count). The molecule has 0 bridgehead atoms. The molecule has 0 aromatic heterocycles. The number of aromatic carboxylic acids is 1. The molecule has 0 radical (unpaired) electrons. The van der Waals surface area contributed by atoms with Gasteiger partial charge in [-0.25, -0.2) is 4.79 Å². The highest BCUT2D eigenvalue weighted by atomic mass is 35.5. The Morgan fingerprint density at radius 3 is 1.51 bits per heavy atom. The molecule has 2 aliphatic rings. The zero-order valence-electron chi connectivity index (χ0n) is 63.4. The maximum Gasteiger partial charge on any atom is 0.335 e. The number of morpholine rings is 1. The smallest absolute Gasteiger partial charge is 0.335 e. The van der Waals surface area contributed by atoms with Crippen molar-refractivity contribution in [3.05, 3.63) is 190 Å². The Labute approximate surface area is 660 Å². The number of nitrogens with two attached hydrogens (primary N) is 2. The molecule has 2 fully saturated rings. The van der Waals surface area contributed by atoms with Crippen LogP contribution in [0, 0.1) is 11.3 Å². The van der Waals surface area contributed by atoms with Gasteiger partial charge in [-0.15, -0.1) is 0 Å². The number of nitrogens with one attached hydrogen (secondary N) is 11. The quantitative estimate of drug-likeness (QED) is 0.0147. The van der Waals surface area contributed by atoms with Crippen molar-refractivity contribution in [1.29, 1.82) is 5.41 Å². The predicted octanol–water partition coefficient (Wildman–Crippen LogP) is 1.65. The number of amides is 10. The third kappa shape index (κ3) is 27.8. The Bertz CT molecular complexity index is 4290. The Morgan fingerprint density at radius 2 is 0.982 bits per heavy atom. The van der Waals surface area contributed by atoms with Gasteiger partial charge in [0.15, 0.2) is 5.96 Å². The number of hydrogen-bond donors (Lipinski definition) is 16. The molecular formula is C81H102ClN15O16. The summed E-state index contributed by atoms with van der Waals surface area (Å²) in [5.74, 6) is -11.5. The third-order valence-corrected chi connectivity index (χ3v) is 19.7. The second kappa shape index (κ2) is 43.4. The van der Waals surface area contributed by atoms with Gasteiger partial charge in [0, 0.05) is 70.0 Å². The number of fused-ring (bicyclic) bond motifs is 1. The lowest BCUT2D eigenvalue weighted by Crippen LogP contribution is -2.62. The first kappa shape index (κ1) is 87.2. The number of likely N-dealkylation sites (tertiary alicyclic amines) is 1. The number of primary amides is 1. The Kier molecular flexibility index (Phi) is 33.5. The fourth-order valence-corrected chi connectivity index (χ4v) is 13.4. The molecule has 0 unspecified atom stereocenters. The minimum absolute atomic E-state index is 0.0141. The molecule has 2 heterocycles. The van der Waals surface area contributed by atoms with Crippen LogP contribution >= 0.6 is 11.6 Å². The molecular weight excluding hydrogens is 1470 g/mol. The number of nitrogens with zero attached hydrogens (tertiary/aromatic N) is 2. The van der Waals surface area contributed by atoms with Crippen molar-refractivity contribution in [3.63, 3.8) is 0 Å². The van der Waals surface area contributed by atoms with Gasteiger partial charge in [0.2, 0.25) is 59.1 Å². The zero-order valence-corrected chi connectivity index (χ0v) is 64.2. The van der Waals surface area contributed by atoms with Crippen LogP contribution in [0.3, 0.4) is 0 Å². The molecule has 6 aromatic rings. The number of carbonyl (C=O) groups is 12. The van der Waals surface area contributed by atoms with Crippen LogP contribution in [0.4, 0.5) is 0 Å². The molecule has 0 spiro atoms. The average molecular weight is 1580 g/mol. The lowest BCUT2D eigenvalue weighted by Gasteiger charge is -2.31. The minimum atomic E-state index is -1.87. The van der Waals surface area contributed by atoms with Crippen molar-refractivity contribution < 1.29 is 77.6 Å². The number of carboxylic acid groups (broad SMARTS) is 2. The van der Waals surface area contributed by atoms with Gasteiger partial charge in [-0.2, -0.15) is 0 Å². The van der Waals surface area contributed by atoms with Gasteiger partial charge in [-0.1, -0.05) is 147 Å². The molecule has 10 amide bonds. The van der Waals surface area contributed by atoms with Crippen LogP contribution in [0.2, 0.25) is 5.02 Å². The van der Waals surface area contributed by atoms with Crippen LogP contribution in [-0.4, -0.2) is 215 Å². The first-order valence-electron chi connectivity index (χ1n) is 37.7. The van der Waals surface area contributed by atoms with Crippen molar-refractivity contribution in [1.82, 2.24) is 63.0 Å². The molecule has 0 aliphatic carbocycles. The number of carbonyl (C=O) groups excluding carboxylic acids is 10. The molecule has 0 saturated carbocycles. The van der Waals surface area contributed by atoms with E-state index >= 15 is 14.4 Å². The number of guanidine groups is 1. The van der Waals surface area contributed by atoms with E-state index in [9.17, 15) is 58.5 Å².